The minimum absolute atomic E-state index is 0.00420. The van der Waals surface area contributed by atoms with Gasteiger partial charge in [-0.05, 0) is 26.0 Å². The second-order valence-corrected chi connectivity index (χ2v) is 5.04. The molecule has 0 aliphatic carbocycles. The summed E-state index contributed by atoms with van der Waals surface area (Å²) < 4.78 is 0. The average Bonchev–Trinajstić information content (AvgIpc) is 2.72. The van der Waals surface area contributed by atoms with E-state index in [1.54, 1.807) is 26.0 Å². The van der Waals surface area contributed by atoms with Crippen LogP contribution >= 0.6 is 0 Å². The number of benzene rings is 1. The molecule has 1 aliphatic heterocycles. The van der Waals surface area contributed by atoms with E-state index in [1.165, 1.54) is 4.90 Å². The summed E-state index contributed by atoms with van der Waals surface area (Å²) in [6.45, 7) is 3.52. The molecule has 1 atom stereocenters. The molecule has 0 radical (unpaired) electrons. The Morgan fingerprint density at radius 2 is 1.95 bits per heavy atom. The van der Waals surface area contributed by atoms with Gasteiger partial charge >= 0.3 is 0 Å². The number of likely N-dealkylation sites (tertiary alicyclic amines) is 1. The second-order valence-electron chi connectivity index (χ2n) is 5.04. The van der Waals surface area contributed by atoms with Gasteiger partial charge in [-0.2, -0.15) is 0 Å². The van der Waals surface area contributed by atoms with Crippen LogP contribution in [0.1, 0.15) is 25.8 Å². The van der Waals surface area contributed by atoms with Crippen molar-refractivity contribution in [3.8, 4) is 11.8 Å². The summed E-state index contributed by atoms with van der Waals surface area (Å²) in [6, 6.07) is 8.05. The lowest BCUT2D eigenvalue weighted by atomic mass is 10.2. The van der Waals surface area contributed by atoms with E-state index in [-0.39, 0.29) is 24.3 Å². The number of carbonyl (C=O) groups excluding carboxylic acids is 3. The Hall–Kier alpha value is -2.61. The van der Waals surface area contributed by atoms with E-state index in [0.717, 1.165) is 0 Å². The summed E-state index contributed by atoms with van der Waals surface area (Å²) in [5, 5.41) is 2.49. The molecule has 0 saturated carbocycles. The number of amides is 3. The lowest BCUT2D eigenvalue weighted by molar-refractivity contribution is -0.141. The van der Waals surface area contributed by atoms with Crippen LogP contribution < -0.4 is 5.32 Å². The summed E-state index contributed by atoms with van der Waals surface area (Å²) >= 11 is 0. The number of rotatable bonds is 2. The Labute approximate surface area is 123 Å². The topological polar surface area (TPSA) is 66.5 Å². The summed E-state index contributed by atoms with van der Waals surface area (Å²) in [6.07, 6.45) is -0.00420. The fraction of sp³-hybridized carbons (Fsp3) is 0.312. The van der Waals surface area contributed by atoms with Crippen LogP contribution in [-0.4, -0.2) is 34.7 Å². The molecule has 0 aromatic heterocycles. The highest BCUT2D eigenvalue weighted by atomic mass is 16.2. The van der Waals surface area contributed by atoms with Crippen molar-refractivity contribution < 1.29 is 14.4 Å². The first-order valence-electron chi connectivity index (χ1n) is 6.72. The van der Waals surface area contributed by atoms with Gasteiger partial charge in [-0.25, -0.2) is 0 Å². The van der Waals surface area contributed by atoms with E-state index < -0.39 is 11.9 Å². The van der Waals surface area contributed by atoms with Gasteiger partial charge in [-0.1, -0.05) is 24.1 Å². The van der Waals surface area contributed by atoms with Gasteiger partial charge in [0, 0.05) is 17.5 Å². The summed E-state index contributed by atoms with van der Waals surface area (Å²) in [7, 11) is 0. The number of carbonyl (C=O) groups is 3. The van der Waals surface area contributed by atoms with Crippen LogP contribution in [0, 0.1) is 11.8 Å². The van der Waals surface area contributed by atoms with E-state index in [2.05, 4.69) is 17.2 Å². The molecule has 0 spiro atoms. The fourth-order valence-electron chi connectivity index (χ4n) is 2.15. The van der Waals surface area contributed by atoms with Gasteiger partial charge in [0.2, 0.25) is 5.91 Å². The van der Waals surface area contributed by atoms with Gasteiger partial charge in [0.25, 0.3) is 11.8 Å². The van der Waals surface area contributed by atoms with Gasteiger partial charge in [0.05, 0.1) is 6.42 Å². The van der Waals surface area contributed by atoms with Crippen molar-refractivity contribution in [2.75, 3.05) is 0 Å². The van der Waals surface area contributed by atoms with E-state index in [4.69, 9.17) is 0 Å². The van der Waals surface area contributed by atoms with E-state index in [9.17, 15) is 14.4 Å². The minimum Gasteiger partial charge on any atom is -0.333 e. The maximum absolute atomic E-state index is 12.0. The molecule has 1 fully saturated rings. The third-order valence-corrected chi connectivity index (χ3v) is 3.10. The molecule has 1 heterocycles. The summed E-state index contributed by atoms with van der Waals surface area (Å²) in [4.78, 5) is 36.6. The Bertz CT molecular complexity index is 626. The van der Waals surface area contributed by atoms with Crippen molar-refractivity contribution in [2.45, 2.75) is 32.4 Å². The van der Waals surface area contributed by atoms with E-state index in [0.29, 0.717) is 5.56 Å². The molecule has 1 saturated heterocycles. The Kier molecular flexibility index (Phi) is 4.39. The number of hydrogen-bond donors (Lipinski definition) is 1. The van der Waals surface area contributed by atoms with E-state index in [1.807, 2.05) is 18.2 Å². The van der Waals surface area contributed by atoms with Gasteiger partial charge in [0.1, 0.15) is 6.04 Å². The van der Waals surface area contributed by atoms with Crippen molar-refractivity contribution in [1.29, 1.82) is 0 Å². The predicted octanol–water partition coefficient (Wildman–Crippen LogP) is 0.690. The number of nitrogens with one attached hydrogen (secondary N) is 1. The van der Waals surface area contributed by atoms with Crippen LogP contribution in [0.25, 0.3) is 0 Å². The molecule has 2 rings (SSSR count). The molecule has 3 amide bonds. The highest BCUT2D eigenvalue weighted by molar-refractivity contribution is 6.08. The molecule has 5 nitrogen and oxygen atoms in total. The zero-order valence-electron chi connectivity index (χ0n) is 11.9. The zero-order valence-corrected chi connectivity index (χ0v) is 11.9. The van der Waals surface area contributed by atoms with Gasteiger partial charge in [-0.3, -0.25) is 19.3 Å². The molecule has 5 heteroatoms. The van der Waals surface area contributed by atoms with Crippen LogP contribution in [0.15, 0.2) is 30.3 Å². The highest BCUT2D eigenvalue weighted by Crippen LogP contribution is 2.15. The van der Waals surface area contributed by atoms with Crippen molar-refractivity contribution in [3.05, 3.63) is 35.9 Å². The van der Waals surface area contributed by atoms with Gasteiger partial charge < -0.3 is 5.32 Å². The standard InChI is InChI=1S/C16H16N2O3/c1-11(2)18-15(20)10-13(16(18)21)17-14(19)9-8-12-6-4-3-5-7-12/h3-7,11,13H,10H2,1-2H3,(H,17,19)/t13-/m0/s1. The minimum atomic E-state index is -0.808. The quantitative estimate of drug-likeness (QED) is 0.642. The summed E-state index contributed by atoms with van der Waals surface area (Å²) in [5.41, 5.74) is 0.713. The first-order chi connectivity index (χ1) is 9.99. The molecule has 0 bridgehead atoms. The van der Waals surface area contributed by atoms with Crippen LogP contribution in [0.2, 0.25) is 0 Å². The van der Waals surface area contributed by atoms with Crippen LogP contribution in [0.4, 0.5) is 0 Å². The van der Waals surface area contributed by atoms with E-state index >= 15 is 0 Å². The maximum Gasteiger partial charge on any atom is 0.296 e. The number of imide groups is 1. The Balaban J connectivity index is 2.00. The van der Waals surface area contributed by atoms with Gasteiger partial charge in [0.15, 0.2) is 0 Å². The Morgan fingerprint density at radius 1 is 1.29 bits per heavy atom. The third-order valence-electron chi connectivity index (χ3n) is 3.10. The monoisotopic (exact) mass is 284 g/mol. The molecule has 21 heavy (non-hydrogen) atoms. The highest BCUT2D eigenvalue weighted by Gasteiger charge is 2.40. The second kappa shape index (κ2) is 6.23. The maximum atomic E-state index is 12.0. The molecule has 0 unspecified atom stereocenters. The molecule has 108 valence electrons. The SMILES string of the molecule is CC(C)N1C(=O)C[C@H](NC(=O)C#Cc2ccccc2)C1=O. The average molecular weight is 284 g/mol. The van der Waals surface area contributed by atoms with Crippen molar-refractivity contribution in [1.82, 2.24) is 10.2 Å². The smallest absolute Gasteiger partial charge is 0.296 e. The number of nitrogens with zero attached hydrogens (tertiary/aromatic N) is 1. The molecular formula is C16H16N2O3. The van der Waals surface area contributed by atoms with Crippen molar-refractivity contribution in [2.24, 2.45) is 0 Å². The first kappa shape index (κ1) is 14.8. The normalized spacial score (nSPS) is 17.7. The fourth-order valence-corrected chi connectivity index (χ4v) is 2.15. The molecule has 1 aliphatic rings. The van der Waals surface area contributed by atoms with Crippen LogP contribution in [0.5, 0.6) is 0 Å². The number of hydrogen-bond acceptors (Lipinski definition) is 3. The largest absolute Gasteiger partial charge is 0.333 e. The lowest BCUT2D eigenvalue weighted by Gasteiger charge is -2.18. The Morgan fingerprint density at radius 3 is 2.52 bits per heavy atom. The zero-order chi connectivity index (χ0) is 15.4. The van der Waals surface area contributed by atoms with Crippen LogP contribution in [-0.2, 0) is 14.4 Å². The molecule has 1 aromatic rings. The first-order valence-corrected chi connectivity index (χ1v) is 6.72. The molecular weight excluding hydrogens is 268 g/mol. The van der Waals surface area contributed by atoms with Crippen molar-refractivity contribution >= 4 is 17.7 Å². The predicted molar refractivity (Wildman–Crippen MR) is 76.9 cm³/mol. The van der Waals surface area contributed by atoms with Gasteiger partial charge in [-0.15, -0.1) is 0 Å². The molecule has 1 aromatic carbocycles. The summed E-state index contributed by atoms with van der Waals surface area (Å²) in [5.74, 6) is 3.93. The third kappa shape index (κ3) is 3.48. The lowest BCUT2D eigenvalue weighted by Crippen LogP contribution is -2.43. The van der Waals surface area contributed by atoms with Crippen molar-refractivity contribution in [3.63, 3.8) is 0 Å². The molecule has 1 N–H and O–H groups in total. The van der Waals surface area contributed by atoms with Crippen LogP contribution in [0.3, 0.4) is 0 Å².